The summed E-state index contributed by atoms with van der Waals surface area (Å²) in [4.78, 5) is 22.1. The van der Waals surface area contributed by atoms with Gasteiger partial charge in [-0.25, -0.2) is 9.48 Å². The summed E-state index contributed by atoms with van der Waals surface area (Å²) in [7, 11) is 0. The Bertz CT molecular complexity index is 656. The van der Waals surface area contributed by atoms with Crippen molar-refractivity contribution in [3.63, 3.8) is 0 Å². The van der Waals surface area contributed by atoms with Crippen molar-refractivity contribution < 1.29 is 14.7 Å². The molecule has 0 radical (unpaired) electrons. The van der Waals surface area contributed by atoms with Gasteiger partial charge in [0, 0.05) is 18.7 Å². The van der Waals surface area contributed by atoms with Gasteiger partial charge in [0.25, 0.3) is 0 Å². The number of carboxylic acids is 1. The van der Waals surface area contributed by atoms with Gasteiger partial charge in [0.15, 0.2) is 0 Å². The van der Waals surface area contributed by atoms with Crippen LogP contribution in [0.3, 0.4) is 0 Å². The molecule has 116 valence electrons. The van der Waals surface area contributed by atoms with Gasteiger partial charge in [0.05, 0.1) is 5.69 Å². The molecular weight excluding hydrogens is 288 g/mol. The van der Waals surface area contributed by atoms with Crippen LogP contribution in [-0.2, 0) is 4.79 Å². The molecule has 9 nitrogen and oxygen atoms in total. The van der Waals surface area contributed by atoms with Crippen molar-refractivity contribution in [3.05, 3.63) is 30.1 Å². The maximum absolute atomic E-state index is 11.7. The number of amides is 2. The number of anilines is 1. The standard InChI is InChI=1S/C13H16N6O3/c1-9-4-5-10(7-11(9)19-8-15-17-18-19)16-13(22)14-6-2-3-12(20)21/h4-5,7-8H,2-3,6H2,1H3,(H,20,21)(H2,14,16,22). The number of hydrogen-bond acceptors (Lipinski definition) is 5. The zero-order valence-electron chi connectivity index (χ0n) is 12.0. The molecule has 1 aromatic carbocycles. The second-order valence-corrected chi connectivity index (χ2v) is 4.63. The van der Waals surface area contributed by atoms with E-state index in [0.717, 1.165) is 11.3 Å². The number of nitrogens with zero attached hydrogens (tertiary/aromatic N) is 4. The molecule has 0 saturated heterocycles. The number of urea groups is 1. The number of aromatic nitrogens is 4. The molecule has 0 bridgehead atoms. The number of nitrogens with one attached hydrogen (secondary N) is 2. The highest BCUT2D eigenvalue weighted by atomic mass is 16.4. The van der Waals surface area contributed by atoms with Gasteiger partial charge in [0.1, 0.15) is 6.33 Å². The number of tetrazole rings is 1. The molecule has 0 unspecified atom stereocenters. The summed E-state index contributed by atoms with van der Waals surface area (Å²) in [5.74, 6) is -0.883. The minimum atomic E-state index is -0.883. The summed E-state index contributed by atoms with van der Waals surface area (Å²) in [5, 5.41) is 24.8. The summed E-state index contributed by atoms with van der Waals surface area (Å²) in [6.45, 7) is 2.20. The molecule has 2 rings (SSSR count). The monoisotopic (exact) mass is 304 g/mol. The average molecular weight is 304 g/mol. The number of carboxylic acid groups (broad SMARTS) is 1. The number of aliphatic carboxylic acids is 1. The first-order valence-corrected chi connectivity index (χ1v) is 6.67. The topological polar surface area (TPSA) is 122 Å². The first kappa shape index (κ1) is 15.4. The van der Waals surface area contributed by atoms with Crippen molar-refractivity contribution in [2.45, 2.75) is 19.8 Å². The molecule has 0 aliphatic carbocycles. The number of benzene rings is 1. The molecule has 3 N–H and O–H groups in total. The molecule has 22 heavy (non-hydrogen) atoms. The summed E-state index contributed by atoms with van der Waals surface area (Å²) >= 11 is 0. The third kappa shape index (κ3) is 4.27. The Morgan fingerprint density at radius 3 is 2.86 bits per heavy atom. The van der Waals surface area contributed by atoms with Crippen molar-refractivity contribution in [2.24, 2.45) is 0 Å². The second kappa shape index (κ2) is 7.16. The molecule has 9 heteroatoms. The van der Waals surface area contributed by atoms with Gasteiger partial charge in [-0.15, -0.1) is 5.10 Å². The number of carbonyl (C=O) groups excluding carboxylic acids is 1. The van der Waals surface area contributed by atoms with E-state index in [1.807, 2.05) is 13.0 Å². The van der Waals surface area contributed by atoms with Crippen LogP contribution < -0.4 is 10.6 Å². The SMILES string of the molecule is Cc1ccc(NC(=O)NCCCC(=O)O)cc1-n1cnnn1. The first-order chi connectivity index (χ1) is 10.6. The Labute approximate surface area is 126 Å². The lowest BCUT2D eigenvalue weighted by molar-refractivity contribution is -0.137. The highest BCUT2D eigenvalue weighted by Crippen LogP contribution is 2.18. The molecule has 0 spiro atoms. The lowest BCUT2D eigenvalue weighted by atomic mass is 10.2. The van der Waals surface area contributed by atoms with E-state index in [9.17, 15) is 9.59 Å². The van der Waals surface area contributed by atoms with E-state index in [-0.39, 0.29) is 6.42 Å². The van der Waals surface area contributed by atoms with Crippen LogP contribution in [-0.4, -0.2) is 43.9 Å². The Hall–Kier alpha value is -2.97. The van der Waals surface area contributed by atoms with Gasteiger partial charge >= 0.3 is 12.0 Å². The van der Waals surface area contributed by atoms with Crippen LogP contribution in [0.1, 0.15) is 18.4 Å². The van der Waals surface area contributed by atoms with Crippen molar-refractivity contribution in [1.29, 1.82) is 0 Å². The third-order valence-electron chi connectivity index (χ3n) is 2.92. The smallest absolute Gasteiger partial charge is 0.319 e. The summed E-state index contributed by atoms with van der Waals surface area (Å²) < 4.78 is 1.51. The number of rotatable bonds is 6. The fraction of sp³-hybridized carbons (Fsp3) is 0.308. The second-order valence-electron chi connectivity index (χ2n) is 4.63. The van der Waals surface area contributed by atoms with Crippen molar-refractivity contribution in [3.8, 4) is 5.69 Å². The molecule has 1 aromatic heterocycles. The van der Waals surface area contributed by atoms with E-state index in [0.29, 0.717) is 18.7 Å². The van der Waals surface area contributed by atoms with Crippen LogP contribution in [0.25, 0.3) is 5.69 Å². The number of aryl methyl sites for hydroxylation is 1. The van der Waals surface area contributed by atoms with Gasteiger partial charge in [-0.05, 0) is 41.5 Å². The molecule has 0 atom stereocenters. The van der Waals surface area contributed by atoms with E-state index in [1.54, 1.807) is 12.1 Å². The summed E-state index contributed by atoms with van der Waals surface area (Å²) in [6, 6.07) is 4.97. The summed E-state index contributed by atoms with van der Waals surface area (Å²) in [6.07, 6.45) is 1.87. The predicted octanol–water partition coefficient (Wildman–Crippen LogP) is 0.957. The number of carbonyl (C=O) groups is 2. The molecule has 2 aromatic rings. The maximum Gasteiger partial charge on any atom is 0.319 e. The molecular formula is C13H16N6O3. The molecule has 2 amide bonds. The van der Waals surface area contributed by atoms with E-state index in [4.69, 9.17) is 5.11 Å². The van der Waals surface area contributed by atoms with Gasteiger partial charge < -0.3 is 15.7 Å². The fourth-order valence-electron chi connectivity index (χ4n) is 1.82. The Morgan fingerprint density at radius 2 is 2.18 bits per heavy atom. The molecule has 0 saturated carbocycles. The minimum Gasteiger partial charge on any atom is -0.481 e. The fourth-order valence-corrected chi connectivity index (χ4v) is 1.82. The van der Waals surface area contributed by atoms with Crippen LogP contribution in [0.15, 0.2) is 24.5 Å². The Balaban J connectivity index is 1.94. The predicted molar refractivity (Wildman–Crippen MR) is 77.8 cm³/mol. The van der Waals surface area contributed by atoms with Crippen LogP contribution in [0.2, 0.25) is 0 Å². The normalized spacial score (nSPS) is 10.2. The van der Waals surface area contributed by atoms with E-state index < -0.39 is 12.0 Å². The molecule has 0 aliphatic heterocycles. The van der Waals surface area contributed by atoms with Gasteiger partial charge in [-0.1, -0.05) is 6.07 Å². The highest BCUT2D eigenvalue weighted by molar-refractivity contribution is 5.89. The van der Waals surface area contributed by atoms with E-state index in [2.05, 4.69) is 26.2 Å². The van der Waals surface area contributed by atoms with Crippen LogP contribution in [0.5, 0.6) is 0 Å². The maximum atomic E-state index is 11.7. The van der Waals surface area contributed by atoms with Crippen LogP contribution >= 0.6 is 0 Å². The third-order valence-corrected chi connectivity index (χ3v) is 2.92. The summed E-state index contributed by atoms with van der Waals surface area (Å²) in [5.41, 5.74) is 2.31. The molecule has 1 heterocycles. The quantitative estimate of drug-likeness (QED) is 0.683. The Kier molecular flexibility index (Phi) is 5.02. The van der Waals surface area contributed by atoms with Crippen LogP contribution in [0.4, 0.5) is 10.5 Å². The van der Waals surface area contributed by atoms with E-state index in [1.165, 1.54) is 11.0 Å². The van der Waals surface area contributed by atoms with Gasteiger partial charge in [0.2, 0.25) is 0 Å². The zero-order valence-corrected chi connectivity index (χ0v) is 12.0. The highest BCUT2D eigenvalue weighted by Gasteiger charge is 2.07. The lowest BCUT2D eigenvalue weighted by Gasteiger charge is -2.10. The van der Waals surface area contributed by atoms with Crippen molar-refractivity contribution >= 4 is 17.7 Å². The average Bonchev–Trinajstić information content (AvgIpc) is 2.99. The Morgan fingerprint density at radius 1 is 1.36 bits per heavy atom. The van der Waals surface area contributed by atoms with Crippen molar-refractivity contribution in [2.75, 3.05) is 11.9 Å². The lowest BCUT2D eigenvalue weighted by Crippen LogP contribution is -2.29. The zero-order chi connectivity index (χ0) is 15.9. The number of hydrogen-bond donors (Lipinski definition) is 3. The van der Waals surface area contributed by atoms with Crippen LogP contribution in [0, 0.1) is 6.92 Å². The van der Waals surface area contributed by atoms with Gasteiger partial charge in [-0.3, -0.25) is 4.79 Å². The minimum absolute atomic E-state index is 0.0221. The van der Waals surface area contributed by atoms with Gasteiger partial charge in [-0.2, -0.15) is 0 Å². The van der Waals surface area contributed by atoms with Crippen molar-refractivity contribution in [1.82, 2.24) is 25.5 Å². The van der Waals surface area contributed by atoms with E-state index >= 15 is 0 Å². The first-order valence-electron chi connectivity index (χ1n) is 6.67. The molecule has 0 fully saturated rings. The largest absolute Gasteiger partial charge is 0.481 e. The molecule has 0 aliphatic rings.